The van der Waals surface area contributed by atoms with E-state index in [1.54, 1.807) is 41.1 Å². The highest BCUT2D eigenvalue weighted by Crippen LogP contribution is 2.24. The molecule has 5 nitrogen and oxygen atoms in total. The van der Waals surface area contributed by atoms with Crippen molar-refractivity contribution in [2.45, 2.75) is 0 Å². The van der Waals surface area contributed by atoms with Crippen LogP contribution in [0.5, 0.6) is 0 Å². The summed E-state index contributed by atoms with van der Waals surface area (Å²) in [5.41, 5.74) is 1.73. The van der Waals surface area contributed by atoms with Crippen LogP contribution in [0, 0.1) is 0 Å². The number of methoxy groups -OCH3 is 1. The number of nitrogens with zero attached hydrogens (tertiary/aromatic N) is 2. The lowest BCUT2D eigenvalue weighted by Gasteiger charge is -1.98. The number of fused-ring (bicyclic) bond motifs is 1. The Morgan fingerprint density at radius 1 is 1.42 bits per heavy atom. The Bertz CT molecular complexity index is 760. The van der Waals surface area contributed by atoms with Crippen molar-refractivity contribution in [3.05, 3.63) is 47.4 Å². The molecular weight excluding hydrogens is 268 g/mol. The van der Waals surface area contributed by atoms with Gasteiger partial charge in [0.2, 0.25) is 0 Å². The van der Waals surface area contributed by atoms with Crippen LogP contribution in [0.2, 0.25) is 5.22 Å². The molecule has 0 aliphatic heterocycles. The number of ether oxygens (including phenoxy) is 1. The quantitative estimate of drug-likeness (QED) is 0.675. The number of pyridine rings is 1. The highest BCUT2D eigenvalue weighted by Gasteiger charge is 2.11. The number of carbonyl (C=O) groups excluding carboxylic acids is 1. The number of hydrogen-bond donors (Lipinski definition) is 0. The molecule has 0 spiro atoms. The minimum atomic E-state index is -0.395. The molecule has 3 heterocycles. The average Bonchev–Trinajstić information content (AvgIpc) is 3.02. The van der Waals surface area contributed by atoms with Crippen LogP contribution in [0.25, 0.3) is 17.1 Å². The lowest BCUT2D eigenvalue weighted by molar-refractivity contribution is 0.0600. The molecule has 0 saturated carbocycles. The van der Waals surface area contributed by atoms with E-state index in [0.717, 1.165) is 0 Å². The second-order valence-corrected chi connectivity index (χ2v) is 4.27. The molecule has 0 radical (unpaired) electrons. The van der Waals surface area contributed by atoms with Gasteiger partial charge in [0.15, 0.2) is 11.0 Å². The van der Waals surface area contributed by atoms with Crippen molar-refractivity contribution in [2.75, 3.05) is 7.11 Å². The van der Waals surface area contributed by atoms with E-state index in [0.29, 0.717) is 27.9 Å². The Kier molecular flexibility index (Phi) is 2.76. The molecule has 0 fully saturated rings. The van der Waals surface area contributed by atoms with E-state index in [1.807, 2.05) is 0 Å². The second-order valence-electron chi connectivity index (χ2n) is 3.90. The summed E-state index contributed by atoms with van der Waals surface area (Å²) >= 11 is 5.73. The molecule has 0 bridgehead atoms. The Morgan fingerprint density at radius 3 is 2.95 bits per heavy atom. The topological polar surface area (TPSA) is 56.7 Å². The van der Waals surface area contributed by atoms with Crippen LogP contribution < -0.4 is 0 Å². The van der Waals surface area contributed by atoms with Gasteiger partial charge in [-0.05, 0) is 35.9 Å². The average molecular weight is 277 g/mol. The van der Waals surface area contributed by atoms with Gasteiger partial charge in [-0.3, -0.25) is 0 Å². The number of halogens is 1. The largest absolute Gasteiger partial charge is 0.465 e. The van der Waals surface area contributed by atoms with Crippen LogP contribution in [0.15, 0.2) is 41.1 Å². The summed E-state index contributed by atoms with van der Waals surface area (Å²) < 4.78 is 11.8. The van der Waals surface area contributed by atoms with Crippen molar-refractivity contribution < 1.29 is 13.9 Å². The molecule has 0 N–H and O–H groups in total. The monoisotopic (exact) mass is 276 g/mol. The number of hydrogen-bond acceptors (Lipinski definition) is 4. The lowest BCUT2D eigenvalue weighted by Crippen LogP contribution is -2.01. The number of imidazole rings is 1. The minimum absolute atomic E-state index is 0.308. The maximum absolute atomic E-state index is 11.4. The van der Waals surface area contributed by atoms with Crippen molar-refractivity contribution in [2.24, 2.45) is 0 Å². The predicted molar refractivity (Wildman–Crippen MR) is 69.2 cm³/mol. The van der Waals surface area contributed by atoms with E-state index in [1.165, 1.54) is 7.11 Å². The molecule has 3 rings (SSSR count). The minimum Gasteiger partial charge on any atom is -0.465 e. The normalized spacial score (nSPS) is 10.8. The van der Waals surface area contributed by atoms with Gasteiger partial charge in [0, 0.05) is 12.4 Å². The van der Waals surface area contributed by atoms with E-state index in [2.05, 4.69) is 9.72 Å². The fraction of sp³-hybridized carbons (Fsp3) is 0.0769. The van der Waals surface area contributed by atoms with Crippen LogP contribution in [-0.4, -0.2) is 22.5 Å². The van der Waals surface area contributed by atoms with E-state index in [9.17, 15) is 4.79 Å². The molecule has 3 aromatic heterocycles. The van der Waals surface area contributed by atoms with Gasteiger partial charge in [-0.15, -0.1) is 0 Å². The summed E-state index contributed by atoms with van der Waals surface area (Å²) in [4.78, 5) is 15.8. The van der Waals surface area contributed by atoms with Crippen LogP contribution in [0.3, 0.4) is 0 Å². The summed E-state index contributed by atoms with van der Waals surface area (Å²) in [7, 11) is 1.34. The first-order chi connectivity index (χ1) is 9.17. The summed E-state index contributed by atoms with van der Waals surface area (Å²) in [6, 6.07) is 6.71. The first kappa shape index (κ1) is 11.8. The Balaban J connectivity index is 2.08. The first-order valence-electron chi connectivity index (χ1n) is 5.50. The number of furan rings is 1. The van der Waals surface area contributed by atoms with Gasteiger partial charge in [0.1, 0.15) is 11.3 Å². The smallest absolute Gasteiger partial charge is 0.338 e. The van der Waals surface area contributed by atoms with Crippen LogP contribution in [-0.2, 0) is 4.74 Å². The highest BCUT2D eigenvalue weighted by atomic mass is 35.5. The molecular formula is C13H9ClN2O3. The molecule has 0 atom stereocenters. The van der Waals surface area contributed by atoms with E-state index in [4.69, 9.17) is 16.0 Å². The maximum Gasteiger partial charge on any atom is 0.338 e. The van der Waals surface area contributed by atoms with Gasteiger partial charge in [0.25, 0.3) is 0 Å². The third kappa shape index (κ3) is 2.08. The third-order valence-electron chi connectivity index (χ3n) is 2.71. The maximum atomic E-state index is 11.4. The summed E-state index contributed by atoms with van der Waals surface area (Å²) in [6.45, 7) is 0. The summed E-state index contributed by atoms with van der Waals surface area (Å²) in [5, 5.41) is 0.308. The van der Waals surface area contributed by atoms with Crippen molar-refractivity contribution in [3.8, 4) is 11.5 Å². The summed E-state index contributed by atoms with van der Waals surface area (Å²) in [5.74, 6) is 0.182. The zero-order valence-electron chi connectivity index (χ0n) is 9.96. The van der Waals surface area contributed by atoms with E-state index >= 15 is 0 Å². The Hall–Kier alpha value is -2.27. The third-order valence-corrected chi connectivity index (χ3v) is 2.91. The molecule has 0 amide bonds. The first-order valence-corrected chi connectivity index (χ1v) is 5.88. The molecule has 6 heteroatoms. The van der Waals surface area contributed by atoms with E-state index < -0.39 is 5.97 Å². The molecule has 96 valence electrons. The number of rotatable bonds is 2. The van der Waals surface area contributed by atoms with Crippen molar-refractivity contribution >= 4 is 23.2 Å². The molecule has 0 unspecified atom stereocenters. The Morgan fingerprint density at radius 2 is 2.26 bits per heavy atom. The van der Waals surface area contributed by atoms with Crippen molar-refractivity contribution in [3.63, 3.8) is 0 Å². The Labute approximate surface area is 113 Å². The highest BCUT2D eigenvalue weighted by molar-refractivity contribution is 6.28. The molecule has 3 aromatic rings. The molecule has 0 aliphatic rings. The molecule has 0 saturated heterocycles. The van der Waals surface area contributed by atoms with Crippen LogP contribution in [0.4, 0.5) is 0 Å². The summed E-state index contributed by atoms with van der Waals surface area (Å²) in [6.07, 6.45) is 3.54. The molecule has 19 heavy (non-hydrogen) atoms. The molecule has 0 aliphatic carbocycles. The molecule has 0 aromatic carbocycles. The van der Waals surface area contributed by atoms with Crippen molar-refractivity contribution in [1.82, 2.24) is 9.38 Å². The zero-order chi connectivity index (χ0) is 13.4. The fourth-order valence-electron chi connectivity index (χ4n) is 1.80. The van der Waals surface area contributed by atoms with Crippen LogP contribution in [0.1, 0.15) is 10.4 Å². The van der Waals surface area contributed by atoms with Gasteiger partial charge in [-0.2, -0.15) is 0 Å². The standard InChI is InChI=1S/C13H9ClN2O3/c1-18-13(17)8-4-5-16-7-9(15-12(16)6-8)10-2-3-11(14)19-10/h2-7H,1H3. The van der Waals surface area contributed by atoms with E-state index in [-0.39, 0.29) is 0 Å². The SMILES string of the molecule is COC(=O)c1ccn2cc(-c3ccc(Cl)o3)nc2c1. The number of aromatic nitrogens is 2. The number of carbonyl (C=O) groups is 1. The lowest BCUT2D eigenvalue weighted by atomic mass is 10.3. The predicted octanol–water partition coefficient (Wildman–Crippen LogP) is 3.03. The van der Waals surface area contributed by atoms with Crippen molar-refractivity contribution in [1.29, 1.82) is 0 Å². The number of esters is 1. The zero-order valence-corrected chi connectivity index (χ0v) is 10.7. The van der Waals surface area contributed by atoms with Crippen LogP contribution >= 0.6 is 11.6 Å². The van der Waals surface area contributed by atoms with Gasteiger partial charge in [0.05, 0.1) is 12.7 Å². The van der Waals surface area contributed by atoms with Gasteiger partial charge < -0.3 is 13.6 Å². The van der Waals surface area contributed by atoms with Gasteiger partial charge >= 0.3 is 5.97 Å². The van der Waals surface area contributed by atoms with Gasteiger partial charge in [-0.1, -0.05) is 0 Å². The fourth-order valence-corrected chi connectivity index (χ4v) is 1.94. The second kappa shape index (κ2) is 4.44. The van der Waals surface area contributed by atoms with Gasteiger partial charge in [-0.25, -0.2) is 9.78 Å².